The highest BCUT2D eigenvalue weighted by molar-refractivity contribution is 7.13. The molecule has 3 rings (SSSR count). The molecule has 1 aliphatic heterocycles. The average molecular weight is 737 g/mol. The summed E-state index contributed by atoms with van der Waals surface area (Å²) < 4.78 is 26.4. The maximum atomic E-state index is 13.9. The van der Waals surface area contributed by atoms with Crippen molar-refractivity contribution < 1.29 is 53.1 Å². The lowest BCUT2D eigenvalue weighted by molar-refractivity contribution is -0.144. The fourth-order valence-electron chi connectivity index (χ4n) is 5.32. The number of carboxylic acids is 1. The topological polar surface area (TPSA) is 195 Å². The molecule has 15 nitrogen and oxygen atoms in total. The largest absolute Gasteiger partial charge is 0.480 e. The van der Waals surface area contributed by atoms with Crippen LogP contribution < -0.4 is 10.6 Å². The Labute approximate surface area is 302 Å². The van der Waals surface area contributed by atoms with Crippen LogP contribution in [-0.4, -0.2) is 135 Å². The van der Waals surface area contributed by atoms with Crippen molar-refractivity contribution in [2.24, 2.45) is 5.41 Å². The van der Waals surface area contributed by atoms with Crippen LogP contribution in [0, 0.1) is 12.3 Å². The van der Waals surface area contributed by atoms with Gasteiger partial charge in [-0.05, 0) is 30.4 Å². The lowest BCUT2D eigenvalue weighted by Crippen LogP contribution is -2.58. The second-order valence-corrected chi connectivity index (χ2v) is 14.1. The summed E-state index contributed by atoms with van der Waals surface area (Å²) in [5.41, 5.74) is 4.01. The van der Waals surface area contributed by atoms with Crippen LogP contribution in [0.2, 0.25) is 0 Å². The molecule has 0 saturated carbocycles. The molecule has 0 bridgehead atoms. The number of hydrogen-bond acceptors (Lipinski definition) is 12. The molecule has 0 aliphatic carbocycles. The lowest BCUT2D eigenvalue weighted by Gasteiger charge is -2.35. The highest BCUT2D eigenvalue weighted by Gasteiger charge is 2.44. The Kier molecular flexibility index (Phi) is 17.4. The first kappa shape index (κ1) is 41.9. The highest BCUT2D eigenvalue weighted by atomic mass is 32.1. The zero-order chi connectivity index (χ0) is 37.4. The number of β-amino-alcohol motifs (C(OH)–C–C–N with tert-alkyl or cyclic N) is 1. The summed E-state index contributed by atoms with van der Waals surface area (Å²) in [6.45, 7) is 10.8. The van der Waals surface area contributed by atoms with Gasteiger partial charge in [0.25, 0.3) is 0 Å². The van der Waals surface area contributed by atoms with E-state index in [4.69, 9.17) is 28.8 Å². The summed E-state index contributed by atoms with van der Waals surface area (Å²) in [5.74, 6) is -2.36. The van der Waals surface area contributed by atoms with Crippen LogP contribution in [0.5, 0.6) is 0 Å². The van der Waals surface area contributed by atoms with Gasteiger partial charge in [-0.1, -0.05) is 45.0 Å². The number of carbonyl (C=O) groups is 4. The van der Waals surface area contributed by atoms with E-state index >= 15 is 0 Å². The SMILES string of the molecule is Cc1ncsc1-c1ccc([C@@H](C)NC(=O)[C@@H]2C[C@@H](O)CN2C(=O)[C@H](NC(=O)COCCOCCOCCOCCOCC(=O)O)C(C)(C)C)cc1. The van der Waals surface area contributed by atoms with E-state index in [9.17, 15) is 24.3 Å². The van der Waals surface area contributed by atoms with Gasteiger partial charge in [-0.2, -0.15) is 0 Å². The molecular formula is C35H52N4O11S. The number of carboxylic acid groups (broad SMARTS) is 1. The van der Waals surface area contributed by atoms with E-state index in [0.29, 0.717) is 26.4 Å². The molecule has 1 saturated heterocycles. The molecule has 3 amide bonds. The maximum Gasteiger partial charge on any atom is 0.329 e. The van der Waals surface area contributed by atoms with Crippen LogP contribution in [0.3, 0.4) is 0 Å². The van der Waals surface area contributed by atoms with Crippen molar-refractivity contribution in [3.8, 4) is 10.4 Å². The predicted octanol–water partition coefficient (Wildman–Crippen LogP) is 1.96. The Bertz CT molecular complexity index is 1400. The number of ether oxygens (including phenoxy) is 5. The van der Waals surface area contributed by atoms with Gasteiger partial charge >= 0.3 is 5.97 Å². The van der Waals surface area contributed by atoms with Crippen molar-refractivity contribution in [3.05, 3.63) is 41.0 Å². The van der Waals surface area contributed by atoms with Crippen LogP contribution in [0.1, 0.15) is 51.4 Å². The zero-order valence-electron chi connectivity index (χ0n) is 30.1. The van der Waals surface area contributed by atoms with E-state index < -0.39 is 41.4 Å². The number of rotatable bonds is 22. The Balaban J connectivity index is 1.39. The van der Waals surface area contributed by atoms with Crippen LogP contribution in [0.25, 0.3) is 10.4 Å². The molecule has 51 heavy (non-hydrogen) atoms. The van der Waals surface area contributed by atoms with Crippen molar-refractivity contribution in [3.63, 3.8) is 0 Å². The van der Waals surface area contributed by atoms with Gasteiger partial charge < -0.3 is 49.4 Å². The van der Waals surface area contributed by atoms with Gasteiger partial charge in [-0.3, -0.25) is 14.4 Å². The van der Waals surface area contributed by atoms with Crippen molar-refractivity contribution in [2.75, 3.05) is 72.6 Å². The number of carbonyl (C=O) groups excluding carboxylic acids is 3. The van der Waals surface area contributed by atoms with E-state index in [2.05, 4.69) is 15.6 Å². The minimum absolute atomic E-state index is 0.0230. The van der Waals surface area contributed by atoms with Gasteiger partial charge in [0.15, 0.2) is 0 Å². The number of aromatic nitrogens is 1. The van der Waals surface area contributed by atoms with Crippen molar-refractivity contribution >= 4 is 35.0 Å². The quantitative estimate of drug-likeness (QED) is 0.129. The van der Waals surface area contributed by atoms with Crippen molar-refractivity contribution in [1.29, 1.82) is 0 Å². The zero-order valence-corrected chi connectivity index (χ0v) is 30.9. The molecule has 0 unspecified atom stereocenters. The molecule has 0 radical (unpaired) electrons. The number of nitrogens with one attached hydrogen (secondary N) is 2. The molecule has 1 aliphatic rings. The molecule has 16 heteroatoms. The Hall–Kier alpha value is -3.51. The van der Waals surface area contributed by atoms with Gasteiger partial charge in [0.05, 0.1) is 81.1 Å². The third-order valence-corrected chi connectivity index (χ3v) is 8.98. The molecule has 284 valence electrons. The number of aliphatic hydroxyl groups excluding tert-OH is 1. The first-order valence-corrected chi connectivity index (χ1v) is 17.8. The first-order chi connectivity index (χ1) is 24.3. The number of hydrogen-bond donors (Lipinski definition) is 4. The molecule has 4 N–H and O–H groups in total. The van der Waals surface area contributed by atoms with Gasteiger partial charge in [0, 0.05) is 13.0 Å². The molecular weight excluding hydrogens is 684 g/mol. The summed E-state index contributed by atoms with van der Waals surface area (Å²) in [5, 5.41) is 24.8. The third kappa shape index (κ3) is 14.2. The molecule has 1 fully saturated rings. The normalized spacial score (nSPS) is 17.3. The summed E-state index contributed by atoms with van der Waals surface area (Å²) >= 11 is 1.57. The summed E-state index contributed by atoms with van der Waals surface area (Å²) in [7, 11) is 0. The summed E-state index contributed by atoms with van der Waals surface area (Å²) in [6.07, 6.45) is -0.788. The number of aliphatic carboxylic acids is 1. The minimum atomic E-state index is -1.03. The number of amides is 3. The monoisotopic (exact) mass is 736 g/mol. The third-order valence-electron chi connectivity index (χ3n) is 8.01. The van der Waals surface area contributed by atoms with E-state index in [1.165, 1.54) is 4.90 Å². The number of benzene rings is 1. The fraction of sp³-hybridized carbons (Fsp3) is 0.629. The molecule has 1 aromatic carbocycles. The molecule has 2 heterocycles. The van der Waals surface area contributed by atoms with E-state index in [-0.39, 0.29) is 64.6 Å². The Morgan fingerprint density at radius 2 is 1.45 bits per heavy atom. The van der Waals surface area contributed by atoms with E-state index in [0.717, 1.165) is 21.7 Å². The van der Waals surface area contributed by atoms with E-state index in [1.807, 2.05) is 64.4 Å². The van der Waals surface area contributed by atoms with Gasteiger partial charge in [-0.15, -0.1) is 11.3 Å². The van der Waals surface area contributed by atoms with Gasteiger partial charge in [-0.25, -0.2) is 9.78 Å². The van der Waals surface area contributed by atoms with Crippen LogP contribution in [-0.2, 0) is 42.9 Å². The number of likely N-dealkylation sites (tertiary alicyclic amines) is 1. The number of nitrogens with zero attached hydrogens (tertiary/aromatic N) is 2. The Morgan fingerprint density at radius 1 is 0.902 bits per heavy atom. The minimum Gasteiger partial charge on any atom is -0.480 e. The molecule has 4 atom stereocenters. The maximum absolute atomic E-state index is 13.9. The van der Waals surface area contributed by atoms with Crippen LogP contribution >= 0.6 is 11.3 Å². The Morgan fingerprint density at radius 3 is 1.96 bits per heavy atom. The molecule has 0 spiro atoms. The van der Waals surface area contributed by atoms with Gasteiger partial charge in [0.1, 0.15) is 25.3 Å². The number of aliphatic hydroxyl groups is 1. The standard InChI is InChI=1S/C35H52N4O11S/c1-23(25-6-8-26(9-7-25)31-24(2)36-22-51-31)37-33(44)28-18-27(40)19-39(28)34(45)32(35(3,4)5)38-29(41)20-49-16-14-47-12-10-46-11-13-48-15-17-50-21-30(42)43/h6-9,22-23,27-28,32,40H,10-21H2,1-5H3,(H,37,44)(H,38,41)(H,42,43)/t23-,27-,28+,32+/m1/s1. The highest BCUT2D eigenvalue weighted by Crippen LogP contribution is 2.29. The van der Waals surface area contributed by atoms with Crippen molar-refractivity contribution in [1.82, 2.24) is 20.5 Å². The summed E-state index contributed by atoms with van der Waals surface area (Å²) in [6, 6.07) is 5.67. The average Bonchev–Trinajstić information content (AvgIpc) is 3.69. The molecule has 2 aromatic rings. The van der Waals surface area contributed by atoms with Gasteiger partial charge in [0.2, 0.25) is 17.7 Å². The molecule has 1 aromatic heterocycles. The second-order valence-electron chi connectivity index (χ2n) is 13.2. The van der Waals surface area contributed by atoms with Crippen LogP contribution in [0.4, 0.5) is 0 Å². The smallest absolute Gasteiger partial charge is 0.329 e. The number of thiazole rings is 1. The predicted molar refractivity (Wildman–Crippen MR) is 188 cm³/mol. The fourth-order valence-corrected chi connectivity index (χ4v) is 6.13. The second kappa shape index (κ2) is 21.1. The lowest BCUT2D eigenvalue weighted by atomic mass is 9.85. The van der Waals surface area contributed by atoms with Crippen molar-refractivity contribution in [2.45, 2.75) is 65.3 Å². The summed E-state index contributed by atoms with van der Waals surface area (Å²) in [4.78, 5) is 57.3. The van der Waals surface area contributed by atoms with E-state index in [1.54, 1.807) is 11.3 Å². The number of aryl methyl sites for hydroxylation is 1. The first-order valence-electron chi connectivity index (χ1n) is 17.0. The van der Waals surface area contributed by atoms with Crippen LogP contribution in [0.15, 0.2) is 29.8 Å².